The molecule has 2 heteroatoms. The summed E-state index contributed by atoms with van der Waals surface area (Å²) >= 11 is 1.69. The Balaban J connectivity index is 2.65. The molecular formula is C9H11NS. The molecule has 0 N–H and O–H groups in total. The zero-order chi connectivity index (χ0) is 8.10. The summed E-state index contributed by atoms with van der Waals surface area (Å²) in [4.78, 5) is 5.47. The van der Waals surface area contributed by atoms with Gasteiger partial charge in [0.15, 0.2) is 0 Å². The Labute approximate surface area is 71.5 Å². The van der Waals surface area contributed by atoms with Gasteiger partial charge in [-0.05, 0) is 30.9 Å². The number of pyridine rings is 1. The summed E-state index contributed by atoms with van der Waals surface area (Å²) in [7, 11) is 0. The quantitative estimate of drug-likeness (QED) is 0.624. The maximum absolute atomic E-state index is 4.19. The molecule has 0 unspecified atom stereocenters. The van der Waals surface area contributed by atoms with Crippen molar-refractivity contribution in [2.24, 2.45) is 0 Å². The molecule has 0 fully saturated rings. The van der Waals surface area contributed by atoms with Gasteiger partial charge in [-0.2, -0.15) is 0 Å². The highest BCUT2D eigenvalue weighted by Gasteiger charge is 1.92. The maximum atomic E-state index is 4.19. The first-order valence-electron chi connectivity index (χ1n) is 3.54. The van der Waals surface area contributed by atoms with E-state index in [0.29, 0.717) is 0 Å². The van der Waals surface area contributed by atoms with Gasteiger partial charge in [-0.15, -0.1) is 0 Å². The van der Waals surface area contributed by atoms with Crippen molar-refractivity contribution >= 4 is 11.8 Å². The molecule has 0 radical (unpaired) electrons. The molecule has 58 valence electrons. The largest absolute Gasteiger partial charge is 0.250 e. The summed E-state index contributed by atoms with van der Waals surface area (Å²) in [5, 5.41) is 1.06. The van der Waals surface area contributed by atoms with Gasteiger partial charge in [-0.25, -0.2) is 4.98 Å². The molecule has 0 saturated heterocycles. The van der Waals surface area contributed by atoms with E-state index < -0.39 is 0 Å². The fourth-order valence-corrected chi connectivity index (χ4v) is 1.34. The predicted molar refractivity (Wildman–Crippen MR) is 49.5 cm³/mol. The molecule has 1 heterocycles. The Morgan fingerprint density at radius 2 is 2.36 bits per heavy atom. The Morgan fingerprint density at radius 1 is 1.55 bits per heavy atom. The van der Waals surface area contributed by atoms with Crippen LogP contribution in [0.25, 0.3) is 0 Å². The van der Waals surface area contributed by atoms with Gasteiger partial charge in [0.25, 0.3) is 0 Å². The molecule has 0 atom stereocenters. The van der Waals surface area contributed by atoms with Crippen molar-refractivity contribution in [2.75, 3.05) is 0 Å². The van der Waals surface area contributed by atoms with Crippen molar-refractivity contribution in [1.29, 1.82) is 0 Å². The van der Waals surface area contributed by atoms with Gasteiger partial charge in [-0.1, -0.05) is 23.9 Å². The minimum absolute atomic E-state index is 1.06. The maximum Gasteiger partial charge on any atom is 0.100 e. The van der Waals surface area contributed by atoms with Crippen LogP contribution in [-0.2, 0) is 0 Å². The van der Waals surface area contributed by atoms with Gasteiger partial charge in [0.1, 0.15) is 5.03 Å². The molecule has 1 rings (SSSR count). The second-order valence-electron chi connectivity index (χ2n) is 2.17. The highest BCUT2D eigenvalue weighted by molar-refractivity contribution is 8.03. The van der Waals surface area contributed by atoms with Gasteiger partial charge < -0.3 is 0 Å². The lowest BCUT2D eigenvalue weighted by molar-refractivity contribution is 1.14. The third-order valence-corrected chi connectivity index (χ3v) is 2.32. The Morgan fingerprint density at radius 3 is 2.91 bits per heavy atom. The van der Waals surface area contributed by atoms with Crippen LogP contribution in [0.5, 0.6) is 0 Å². The SMILES string of the molecule is C/C=C(\C)Sc1ccccn1. The van der Waals surface area contributed by atoms with Gasteiger partial charge in [0, 0.05) is 6.20 Å². The van der Waals surface area contributed by atoms with Crippen LogP contribution in [-0.4, -0.2) is 4.98 Å². The van der Waals surface area contributed by atoms with Crippen LogP contribution in [0.1, 0.15) is 13.8 Å². The smallest absolute Gasteiger partial charge is 0.100 e. The van der Waals surface area contributed by atoms with Crippen LogP contribution < -0.4 is 0 Å². The van der Waals surface area contributed by atoms with Gasteiger partial charge >= 0.3 is 0 Å². The second-order valence-corrected chi connectivity index (χ2v) is 3.44. The first-order chi connectivity index (χ1) is 5.33. The lowest BCUT2D eigenvalue weighted by Crippen LogP contribution is -1.75. The molecule has 0 saturated carbocycles. The predicted octanol–water partition coefficient (Wildman–Crippen LogP) is 3.10. The standard InChI is InChI=1S/C9H11NS/c1-3-8(2)11-9-6-4-5-7-10-9/h3-7H,1-2H3/b8-3+. The molecular weight excluding hydrogens is 154 g/mol. The van der Waals surface area contributed by atoms with E-state index in [1.54, 1.807) is 11.8 Å². The topological polar surface area (TPSA) is 12.9 Å². The zero-order valence-electron chi connectivity index (χ0n) is 6.74. The summed E-state index contributed by atoms with van der Waals surface area (Å²) < 4.78 is 0. The van der Waals surface area contributed by atoms with E-state index in [0.717, 1.165) is 5.03 Å². The first kappa shape index (κ1) is 8.34. The van der Waals surface area contributed by atoms with Crippen molar-refractivity contribution in [3.05, 3.63) is 35.4 Å². The molecule has 1 nitrogen and oxygen atoms in total. The first-order valence-corrected chi connectivity index (χ1v) is 4.36. The van der Waals surface area contributed by atoms with Crippen molar-refractivity contribution in [3.63, 3.8) is 0 Å². The molecule has 0 amide bonds. The molecule has 0 aliphatic carbocycles. The number of nitrogens with zero attached hydrogens (tertiary/aromatic N) is 1. The molecule has 0 bridgehead atoms. The van der Waals surface area contributed by atoms with Crippen molar-refractivity contribution in [1.82, 2.24) is 4.98 Å². The van der Waals surface area contributed by atoms with E-state index in [1.165, 1.54) is 4.91 Å². The van der Waals surface area contributed by atoms with Crippen LogP contribution in [0.15, 0.2) is 40.4 Å². The van der Waals surface area contributed by atoms with Crippen LogP contribution in [0.3, 0.4) is 0 Å². The van der Waals surface area contributed by atoms with E-state index in [4.69, 9.17) is 0 Å². The number of allylic oxidation sites excluding steroid dienone is 2. The summed E-state index contributed by atoms with van der Waals surface area (Å²) in [6.45, 7) is 4.12. The summed E-state index contributed by atoms with van der Waals surface area (Å²) in [5.41, 5.74) is 0. The van der Waals surface area contributed by atoms with Crippen molar-refractivity contribution in [3.8, 4) is 0 Å². The third kappa shape index (κ3) is 2.76. The molecule has 1 aromatic rings. The van der Waals surface area contributed by atoms with E-state index in [-0.39, 0.29) is 0 Å². The minimum Gasteiger partial charge on any atom is -0.250 e. The molecule has 11 heavy (non-hydrogen) atoms. The second kappa shape index (κ2) is 4.19. The van der Waals surface area contributed by atoms with E-state index in [2.05, 4.69) is 18.0 Å². The molecule has 0 aliphatic rings. The fraction of sp³-hybridized carbons (Fsp3) is 0.222. The normalized spacial score (nSPS) is 11.6. The lowest BCUT2D eigenvalue weighted by Gasteiger charge is -1.97. The number of aromatic nitrogens is 1. The fourth-order valence-electron chi connectivity index (χ4n) is 0.631. The highest BCUT2D eigenvalue weighted by atomic mass is 32.2. The minimum atomic E-state index is 1.06. The average Bonchev–Trinajstić information content (AvgIpc) is 2.06. The van der Waals surface area contributed by atoms with Gasteiger partial charge in [0.05, 0.1) is 0 Å². The number of rotatable bonds is 2. The van der Waals surface area contributed by atoms with Crippen LogP contribution in [0, 0.1) is 0 Å². The monoisotopic (exact) mass is 165 g/mol. The van der Waals surface area contributed by atoms with Crippen molar-refractivity contribution < 1.29 is 0 Å². The molecule has 0 aromatic carbocycles. The Kier molecular flexibility index (Phi) is 3.17. The number of hydrogen-bond acceptors (Lipinski definition) is 2. The number of thioether (sulfide) groups is 1. The molecule has 0 spiro atoms. The van der Waals surface area contributed by atoms with Crippen molar-refractivity contribution in [2.45, 2.75) is 18.9 Å². The summed E-state index contributed by atoms with van der Waals surface area (Å²) in [5.74, 6) is 0. The highest BCUT2D eigenvalue weighted by Crippen LogP contribution is 2.22. The Hall–Kier alpha value is -0.760. The van der Waals surface area contributed by atoms with Gasteiger partial charge in [-0.3, -0.25) is 0 Å². The van der Waals surface area contributed by atoms with Crippen LogP contribution >= 0.6 is 11.8 Å². The van der Waals surface area contributed by atoms with E-state index in [9.17, 15) is 0 Å². The van der Waals surface area contributed by atoms with Gasteiger partial charge in [0.2, 0.25) is 0 Å². The van der Waals surface area contributed by atoms with Crippen LogP contribution in [0.2, 0.25) is 0 Å². The lowest BCUT2D eigenvalue weighted by atomic mass is 10.5. The van der Waals surface area contributed by atoms with E-state index >= 15 is 0 Å². The number of hydrogen-bond donors (Lipinski definition) is 0. The zero-order valence-corrected chi connectivity index (χ0v) is 7.56. The summed E-state index contributed by atoms with van der Waals surface area (Å²) in [6.07, 6.45) is 3.89. The average molecular weight is 165 g/mol. The Bertz CT molecular complexity index is 241. The summed E-state index contributed by atoms with van der Waals surface area (Å²) in [6, 6.07) is 5.94. The third-order valence-electron chi connectivity index (χ3n) is 1.31. The van der Waals surface area contributed by atoms with Crippen LogP contribution in [0.4, 0.5) is 0 Å². The van der Waals surface area contributed by atoms with E-state index in [1.807, 2.05) is 31.3 Å². The molecule has 1 aromatic heterocycles. The molecule has 0 aliphatic heterocycles.